The second kappa shape index (κ2) is 8.65. The number of ether oxygens (including phenoxy) is 1. The molecule has 0 saturated carbocycles. The SMILES string of the molecule is CNc1cc(F)cc2c1[nH]c1nc(Oc3cnc(C(C)O)c(F)c3)nc(N3CCC(N)CC3)c12. The summed E-state index contributed by atoms with van der Waals surface area (Å²) in [5.74, 6) is -0.409. The van der Waals surface area contributed by atoms with Crippen LogP contribution in [0.2, 0.25) is 0 Å². The number of piperidine rings is 1. The van der Waals surface area contributed by atoms with E-state index in [0.29, 0.717) is 46.5 Å². The number of aliphatic hydroxyl groups is 1. The number of benzene rings is 1. The molecule has 0 spiro atoms. The summed E-state index contributed by atoms with van der Waals surface area (Å²) < 4.78 is 34.5. The maximum absolute atomic E-state index is 14.4. The molecule has 0 radical (unpaired) electrons. The summed E-state index contributed by atoms with van der Waals surface area (Å²) in [6.45, 7) is 2.78. The first-order valence-corrected chi connectivity index (χ1v) is 11.1. The molecule has 178 valence electrons. The quantitative estimate of drug-likeness (QED) is 0.349. The molecule has 0 bridgehead atoms. The van der Waals surface area contributed by atoms with Crippen molar-refractivity contribution in [1.29, 1.82) is 0 Å². The number of aromatic amines is 1. The van der Waals surface area contributed by atoms with Crippen LogP contribution < -0.4 is 20.7 Å². The fraction of sp³-hybridized carbons (Fsp3) is 0.348. The lowest BCUT2D eigenvalue weighted by Crippen LogP contribution is -2.40. The molecule has 1 aliphatic rings. The number of fused-ring (bicyclic) bond motifs is 3. The average Bonchev–Trinajstić information content (AvgIpc) is 3.16. The van der Waals surface area contributed by atoms with Crippen LogP contribution in [0.1, 0.15) is 31.6 Å². The average molecular weight is 469 g/mol. The minimum absolute atomic E-state index is 0.0126. The first-order chi connectivity index (χ1) is 16.3. The molecule has 1 aliphatic heterocycles. The largest absolute Gasteiger partial charge is 0.422 e. The lowest BCUT2D eigenvalue weighted by molar-refractivity contribution is 0.188. The predicted octanol–water partition coefficient (Wildman–Crippen LogP) is 3.60. The third-order valence-corrected chi connectivity index (χ3v) is 6.04. The zero-order valence-corrected chi connectivity index (χ0v) is 18.8. The Kier molecular flexibility index (Phi) is 5.66. The highest BCUT2D eigenvalue weighted by atomic mass is 19.1. The van der Waals surface area contributed by atoms with Gasteiger partial charge in [0.05, 0.1) is 28.9 Å². The number of anilines is 2. The van der Waals surface area contributed by atoms with Crippen LogP contribution in [0.5, 0.6) is 11.8 Å². The van der Waals surface area contributed by atoms with Gasteiger partial charge in [0.25, 0.3) is 0 Å². The van der Waals surface area contributed by atoms with Crippen molar-refractivity contribution in [3.8, 4) is 11.8 Å². The molecule has 3 aromatic heterocycles. The van der Waals surface area contributed by atoms with Gasteiger partial charge in [-0.1, -0.05) is 0 Å². The maximum Gasteiger partial charge on any atom is 0.326 e. The van der Waals surface area contributed by atoms with E-state index in [2.05, 4.69) is 30.2 Å². The molecular formula is C23H25F2N7O2. The Hall–Kier alpha value is -3.57. The van der Waals surface area contributed by atoms with Crippen molar-refractivity contribution >= 4 is 33.4 Å². The van der Waals surface area contributed by atoms with E-state index in [1.54, 1.807) is 7.05 Å². The van der Waals surface area contributed by atoms with Crippen LogP contribution in [0.25, 0.3) is 21.9 Å². The fourth-order valence-electron chi connectivity index (χ4n) is 4.31. The first kappa shape index (κ1) is 22.2. The summed E-state index contributed by atoms with van der Waals surface area (Å²) in [5, 5.41) is 13.9. The third kappa shape index (κ3) is 3.97. The lowest BCUT2D eigenvalue weighted by atomic mass is 10.1. The van der Waals surface area contributed by atoms with Gasteiger partial charge in [-0.25, -0.2) is 8.78 Å². The van der Waals surface area contributed by atoms with Gasteiger partial charge < -0.3 is 30.8 Å². The molecule has 34 heavy (non-hydrogen) atoms. The van der Waals surface area contributed by atoms with Crippen LogP contribution in [-0.4, -0.2) is 51.2 Å². The number of pyridine rings is 1. The number of nitrogens with two attached hydrogens (primary N) is 1. The van der Waals surface area contributed by atoms with E-state index in [-0.39, 0.29) is 29.3 Å². The van der Waals surface area contributed by atoms with Gasteiger partial charge in [0, 0.05) is 37.6 Å². The van der Waals surface area contributed by atoms with Crippen molar-refractivity contribution in [3.63, 3.8) is 0 Å². The van der Waals surface area contributed by atoms with E-state index in [1.165, 1.54) is 25.3 Å². The topological polar surface area (TPSA) is 125 Å². The second-order valence-electron chi connectivity index (χ2n) is 8.44. The van der Waals surface area contributed by atoms with E-state index in [0.717, 1.165) is 18.9 Å². The zero-order valence-electron chi connectivity index (χ0n) is 18.8. The Morgan fingerprint density at radius 1 is 1.24 bits per heavy atom. The number of aromatic nitrogens is 4. The second-order valence-corrected chi connectivity index (χ2v) is 8.44. The molecule has 5 rings (SSSR count). The number of nitrogens with zero attached hydrogens (tertiary/aromatic N) is 4. The van der Waals surface area contributed by atoms with Crippen molar-refractivity contribution in [2.45, 2.75) is 31.9 Å². The van der Waals surface area contributed by atoms with E-state index in [9.17, 15) is 13.9 Å². The van der Waals surface area contributed by atoms with Crippen LogP contribution >= 0.6 is 0 Å². The van der Waals surface area contributed by atoms with Crippen molar-refractivity contribution < 1.29 is 18.6 Å². The number of H-pyrrole nitrogens is 1. The molecule has 0 aliphatic carbocycles. The van der Waals surface area contributed by atoms with Crippen molar-refractivity contribution in [2.24, 2.45) is 5.73 Å². The highest BCUT2D eigenvalue weighted by Gasteiger charge is 2.24. The molecular weight excluding hydrogens is 444 g/mol. The summed E-state index contributed by atoms with van der Waals surface area (Å²) in [6.07, 6.45) is 1.83. The Balaban J connectivity index is 1.65. The first-order valence-electron chi connectivity index (χ1n) is 11.1. The summed E-state index contributed by atoms with van der Waals surface area (Å²) in [7, 11) is 1.71. The molecule has 1 fully saturated rings. The number of aliphatic hydroxyl groups excluding tert-OH is 1. The Bertz CT molecular complexity index is 1370. The van der Waals surface area contributed by atoms with Crippen molar-refractivity contribution in [3.05, 3.63) is 41.7 Å². The van der Waals surface area contributed by atoms with Gasteiger partial charge in [-0.3, -0.25) is 4.98 Å². The van der Waals surface area contributed by atoms with Crippen LogP contribution in [0.3, 0.4) is 0 Å². The Morgan fingerprint density at radius 2 is 2.00 bits per heavy atom. The minimum Gasteiger partial charge on any atom is -0.422 e. The summed E-state index contributed by atoms with van der Waals surface area (Å²) in [6, 6.07) is 4.08. The number of rotatable bonds is 5. The summed E-state index contributed by atoms with van der Waals surface area (Å²) >= 11 is 0. The maximum atomic E-state index is 14.4. The number of hydrogen-bond donors (Lipinski definition) is 4. The Labute approximate surface area is 194 Å². The van der Waals surface area contributed by atoms with E-state index in [4.69, 9.17) is 10.5 Å². The molecule has 1 unspecified atom stereocenters. The van der Waals surface area contributed by atoms with Crippen molar-refractivity contribution in [2.75, 3.05) is 30.4 Å². The standard InChI is InChI=1S/C23H25F2N7O2/c1-11(33)19-16(25)9-14(10-28-19)34-23-30-21-18(22(31-23)32-5-3-13(26)4-6-32)15-7-12(24)8-17(27-2)20(15)29-21/h7-11,13,27,33H,3-6,26H2,1-2H3,(H,29,30,31). The summed E-state index contributed by atoms with van der Waals surface area (Å²) in [5.41, 5.74) is 7.74. The molecule has 0 amide bonds. The highest BCUT2D eigenvalue weighted by molar-refractivity contribution is 6.14. The normalized spacial score (nSPS) is 15.8. The van der Waals surface area contributed by atoms with Gasteiger partial charge in [0.1, 0.15) is 23.0 Å². The third-order valence-electron chi connectivity index (χ3n) is 6.04. The van der Waals surface area contributed by atoms with Gasteiger partial charge in [0.15, 0.2) is 11.6 Å². The molecule has 1 atom stereocenters. The van der Waals surface area contributed by atoms with Crippen LogP contribution in [0, 0.1) is 11.6 Å². The van der Waals surface area contributed by atoms with Gasteiger partial charge >= 0.3 is 6.01 Å². The van der Waals surface area contributed by atoms with Crippen LogP contribution in [0.15, 0.2) is 24.4 Å². The molecule has 9 nitrogen and oxygen atoms in total. The van der Waals surface area contributed by atoms with Gasteiger partial charge in [-0.2, -0.15) is 9.97 Å². The predicted molar refractivity (Wildman–Crippen MR) is 125 cm³/mol. The van der Waals surface area contributed by atoms with Gasteiger partial charge in [-0.15, -0.1) is 0 Å². The number of halogens is 2. The van der Waals surface area contributed by atoms with Gasteiger partial charge in [-0.05, 0) is 31.9 Å². The molecule has 1 saturated heterocycles. The zero-order chi connectivity index (χ0) is 24.0. The van der Waals surface area contributed by atoms with Gasteiger partial charge in [0.2, 0.25) is 0 Å². The molecule has 5 N–H and O–H groups in total. The van der Waals surface area contributed by atoms with Crippen molar-refractivity contribution in [1.82, 2.24) is 19.9 Å². The Morgan fingerprint density at radius 3 is 2.68 bits per heavy atom. The monoisotopic (exact) mass is 469 g/mol. The van der Waals surface area contributed by atoms with E-state index < -0.39 is 11.9 Å². The number of nitrogens with one attached hydrogen (secondary N) is 2. The van der Waals surface area contributed by atoms with Crippen LogP contribution in [-0.2, 0) is 0 Å². The molecule has 11 heteroatoms. The van der Waals surface area contributed by atoms with E-state index >= 15 is 0 Å². The van der Waals surface area contributed by atoms with E-state index in [1.807, 2.05) is 0 Å². The summed E-state index contributed by atoms with van der Waals surface area (Å²) in [4.78, 5) is 18.4. The molecule has 4 heterocycles. The lowest BCUT2D eigenvalue weighted by Gasteiger charge is -2.31. The minimum atomic E-state index is -1.05. The molecule has 1 aromatic carbocycles. The smallest absolute Gasteiger partial charge is 0.326 e. The highest BCUT2D eigenvalue weighted by Crippen LogP contribution is 2.38. The van der Waals surface area contributed by atoms with Crippen LogP contribution in [0.4, 0.5) is 20.3 Å². The number of hydrogen-bond acceptors (Lipinski definition) is 8. The fourth-order valence-corrected chi connectivity index (χ4v) is 4.31. The molecule has 4 aromatic rings.